The fourth-order valence-electron chi connectivity index (χ4n) is 2.56. The molecule has 2 aromatic heterocycles. The van der Waals surface area contributed by atoms with Gasteiger partial charge in [-0.25, -0.2) is 18.1 Å². The minimum Gasteiger partial charge on any atom is -0.394 e. The molecule has 0 saturated heterocycles. The minimum atomic E-state index is -3.69. The van der Waals surface area contributed by atoms with Gasteiger partial charge in [0.25, 0.3) is 0 Å². The van der Waals surface area contributed by atoms with Crippen LogP contribution in [0, 0.1) is 6.92 Å². The first-order valence-electron chi connectivity index (χ1n) is 9.08. The van der Waals surface area contributed by atoms with Crippen molar-refractivity contribution in [3.05, 3.63) is 56.8 Å². The molecular formula is C19H22BrN5O3S2. The summed E-state index contributed by atoms with van der Waals surface area (Å²) in [5.74, 6) is 0.816. The Kier molecular flexibility index (Phi) is 7.42. The number of benzene rings is 1. The van der Waals surface area contributed by atoms with Crippen LogP contribution in [0.1, 0.15) is 17.4 Å². The number of rotatable bonds is 9. The van der Waals surface area contributed by atoms with Gasteiger partial charge in [-0.15, -0.1) is 11.3 Å². The second-order valence-corrected chi connectivity index (χ2v) is 10.2. The van der Waals surface area contributed by atoms with Gasteiger partial charge in [0.1, 0.15) is 5.82 Å². The van der Waals surface area contributed by atoms with Crippen molar-refractivity contribution in [1.82, 2.24) is 14.7 Å². The van der Waals surface area contributed by atoms with E-state index in [2.05, 4.69) is 41.3 Å². The number of aliphatic hydroxyl groups excluding tert-OH is 1. The van der Waals surface area contributed by atoms with E-state index < -0.39 is 10.0 Å². The predicted octanol–water partition coefficient (Wildman–Crippen LogP) is 3.62. The van der Waals surface area contributed by atoms with Gasteiger partial charge in [0.2, 0.25) is 16.0 Å². The van der Waals surface area contributed by atoms with Crippen LogP contribution < -0.4 is 15.4 Å². The zero-order valence-electron chi connectivity index (χ0n) is 16.4. The summed E-state index contributed by atoms with van der Waals surface area (Å²) in [7, 11) is -3.69. The number of aliphatic hydroxyl groups is 1. The number of hydrogen-bond donors (Lipinski definition) is 4. The van der Waals surface area contributed by atoms with Gasteiger partial charge in [0.15, 0.2) is 0 Å². The van der Waals surface area contributed by atoms with Gasteiger partial charge in [-0.2, -0.15) is 4.98 Å². The molecule has 1 aromatic carbocycles. The van der Waals surface area contributed by atoms with Crippen molar-refractivity contribution in [1.29, 1.82) is 0 Å². The molecular weight excluding hydrogens is 490 g/mol. The van der Waals surface area contributed by atoms with Gasteiger partial charge >= 0.3 is 0 Å². The molecule has 0 bridgehead atoms. The molecule has 4 N–H and O–H groups in total. The normalized spacial score (nSPS) is 12.5. The number of nitrogens with zero attached hydrogens (tertiary/aromatic N) is 2. The van der Waals surface area contributed by atoms with Crippen LogP contribution in [0.4, 0.5) is 17.5 Å². The standard InChI is InChI=1S/C19H22BrN5O3S2/c1-12-5-6-14(8-17(12)30(27,28)22-9-15-4-3-7-29-15)24-19-21-10-16(20)18(25-19)23-13(2)11-26/h3-8,10,13,22,26H,9,11H2,1-2H3,(H2,21,23,24,25)/t13-/m1/s1. The maximum atomic E-state index is 12.8. The molecule has 0 saturated carbocycles. The third-order valence-electron chi connectivity index (χ3n) is 4.15. The van der Waals surface area contributed by atoms with Crippen molar-refractivity contribution in [3.8, 4) is 0 Å². The molecule has 160 valence electrons. The maximum absolute atomic E-state index is 12.8. The SMILES string of the molecule is Cc1ccc(Nc2ncc(Br)c(N[C@H](C)CO)n2)cc1S(=O)(=O)NCc1cccs1. The van der Waals surface area contributed by atoms with E-state index in [1.165, 1.54) is 11.3 Å². The van der Waals surface area contributed by atoms with Crippen molar-refractivity contribution in [3.63, 3.8) is 0 Å². The van der Waals surface area contributed by atoms with Crippen molar-refractivity contribution in [2.24, 2.45) is 0 Å². The Labute approximate surface area is 188 Å². The lowest BCUT2D eigenvalue weighted by Gasteiger charge is -2.15. The van der Waals surface area contributed by atoms with Gasteiger partial charge in [-0.1, -0.05) is 12.1 Å². The lowest BCUT2D eigenvalue weighted by Crippen LogP contribution is -2.23. The molecule has 0 unspecified atom stereocenters. The number of sulfonamides is 1. The average molecular weight is 512 g/mol. The third kappa shape index (κ3) is 5.76. The van der Waals surface area contributed by atoms with Crippen LogP contribution in [0.5, 0.6) is 0 Å². The molecule has 30 heavy (non-hydrogen) atoms. The van der Waals surface area contributed by atoms with E-state index in [4.69, 9.17) is 0 Å². The summed E-state index contributed by atoms with van der Waals surface area (Å²) in [6.45, 7) is 3.77. The van der Waals surface area contributed by atoms with Crippen LogP contribution in [0.15, 0.2) is 51.3 Å². The first kappa shape index (κ1) is 22.6. The molecule has 11 heteroatoms. The predicted molar refractivity (Wildman–Crippen MR) is 123 cm³/mol. The summed E-state index contributed by atoms with van der Waals surface area (Å²) < 4.78 is 28.9. The molecule has 0 fully saturated rings. The van der Waals surface area contributed by atoms with Gasteiger partial charge in [-0.3, -0.25) is 0 Å². The van der Waals surface area contributed by atoms with Crippen LogP contribution >= 0.6 is 27.3 Å². The van der Waals surface area contributed by atoms with Crippen molar-refractivity contribution >= 4 is 54.7 Å². The van der Waals surface area contributed by atoms with Crippen LogP contribution in [0.25, 0.3) is 0 Å². The number of halogens is 1. The van der Waals surface area contributed by atoms with Gasteiger partial charge in [-0.05, 0) is 58.9 Å². The lowest BCUT2D eigenvalue weighted by molar-refractivity contribution is 0.281. The highest BCUT2D eigenvalue weighted by Crippen LogP contribution is 2.25. The smallest absolute Gasteiger partial charge is 0.241 e. The summed E-state index contributed by atoms with van der Waals surface area (Å²) in [5.41, 5.74) is 1.18. The molecule has 8 nitrogen and oxygen atoms in total. The largest absolute Gasteiger partial charge is 0.394 e. The van der Waals surface area contributed by atoms with E-state index in [1.54, 1.807) is 31.3 Å². The highest BCUT2D eigenvalue weighted by molar-refractivity contribution is 9.10. The van der Waals surface area contributed by atoms with E-state index >= 15 is 0 Å². The first-order chi connectivity index (χ1) is 14.3. The fourth-order valence-corrected chi connectivity index (χ4v) is 4.88. The average Bonchev–Trinajstić information content (AvgIpc) is 3.24. The number of hydrogen-bond acceptors (Lipinski definition) is 8. The second-order valence-electron chi connectivity index (χ2n) is 6.63. The Morgan fingerprint density at radius 2 is 2.10 bits per heavy atom. The van der Waals surface area contributed by atoms with E-state index in [1.807, 2.05) is 24.4 Å². The van der Waals surface area contributed by atoms with E-state index in [0.717, 1.165) is 4.88 Å². The monoisotopic (exact) mass is 511 g/mol. The maximum Gasteiger partial charge on any atom is 0.241 e. The topological polar surface area (TPSA) is 116 Å². The highest BCUT2D eigenvalue weighted by Gasteiger charge is 2.18. The van der Waals surface area contributed by atoms with Crippen LogP contribution in [-0.2, 0) is 16.6 Å². The van der Waals surface area contributed by atoms with E-state index in [0.29, 0.717) is 27.5 Å². The number of aromatic nitrogens is 2. The molecule has 0 aliphatic rings. The number of anilines is 3. The van der Waals surface area contributed by atoms with Gasteiger partial charge < -0.3 is 15.7 Å². The summed E-state index contributed by atoms with van der Waals surface area (Å²) in [5, 5.41) is 17.2. The molecule has 0 aliphatic carbocycles. The second kappa shape index (κ2) is 9.84. The van der Waals surface area contributed by atoms with Gasteiger partial charge in [0.05, 0.1) is 16.0 Å². The van der Waals surface area contributed by atoms with E-state index in [-0.39, 0.29) is 24.1 Å². The van der Waals surface area contributed by atoms with Crippen LogP contribution in [0.3, 0.4) is 0 Å². The summed E-state index contributed by atoms with van der Waals surface area (Å²) in [6.07, 6.45) is 1.58. The minimum absolute atomic E-state index is 0.0448. The van der Waals surface area contributed by atoms with Crippen molar-refractivity contribution in [2.75, 3.05) is 17.2 Å². The van der Waals surface area contributed by atoms with Crippen molar-refractivity contribution < 1.29 is 13.5 Å². The molecule has 1 atom stereocenters. The zero-order valence-corrected chi connectivity index (χ0v) is 19.6. The Morgan fingerprint density at radius 1 is 1.30 bits per heavy atom. The Morgan fingerprint density at radius 3 is 2.80 bits per heavy atom. The molecule has 3 aromatic rings. The third-order valence-corrected chi connectivity index (χ3v) is 7.15. The Bertz CT molecular complexity index is 1110. The number of nitrogens with one attached hydrogen (secondary N) is 3. The molecule has 0 radical (unpaired) electrons. The summed E-state index contributed by atoms with van der Waals surface area (Å²) in [6, 6.07) is 8.63. The molecule has 0 aliphatic heterocycles. The summed E-state index contributed by atoms with van der Waals surface area (Å²) in [4.78, 5) is 9.73. The molecule has 2 heterocycles. The molecule has 0 amide bonds. The fraction of sp³-hybridized carbons (Fsp3) is 0.263. The molecule has 0 spiro atoms. The van der Waals surface area contributed by atoms with Crippen molar-refractivity contribution in [2.45, 2.75) is 31.3 Å². The number of thiophene rings is 1. The first-order valence-corrected chi connectivity index (χ1v) is 12.2. The summed E-state index contributed by atoms with van der Waals surface area (Å²) >= 11 is 4.87. The number of aryl methyl sites for hydroxylation is 1. The van der Waals surface area contributed by atoms with Gasteiger partial charge in [0, 0.05) is 29.3 Å². The zero-order chi connectivity index (χ0) is 21.7. The Balaban J connectivity index is 1.80. The quantitative estimate of drug-likeness (QED) is 0.346. The van der Waals surface area contributed by atoms with E-state index in [9.17, 15) is 13.5 Å². The van der Waals surface area contributed by atoms with Crippen LogP contribution in [0.2, 0.25) is 0 Å². The highest BCUT2D eigenvalue weighted by atomic mass is 79.9. The molecule has 3 rings (SSSR count). The Hall–Kier alpha value is -2.05. The van der Waals surface area contributed by atoms with Crippen LogP contribution in [-0.4, -0.2) is 36.1 Å². The lowest BCUT2D eigenvalue weighted by atomic mass is 10.2.